The Morgan fingerprint density at radius 3 is 2.41 bits per heavy atom. The highest BCUT2D eigenvalue weighted by molar-refractivity contribution is 7.89. The number of aryl methyl sites for hydroxylation is 1. The maximum absolute atomic E-state index is 13.7. The highest BCUT2D eigenvalue weighted by Gasteiger charge is 2.32. The number of carbonyl (C=O) groups excluding carboxylic acids is 3. The van der Waals surface area contributed by atoms with Gasteiger partial charge in [-0.2, -0.15) is 0 Å². The number of nitrogens with zero attached hydrogens (tertiary/aromatic N) is 1. The van der Waals surface area contributed by atoms with Crippen molar-refractivity contribution in [2.45, 2.75) is 62.9 Å². The largest absolute Gasteiger partial charge is 0.434 e. The second-order valence-electron chi connectivity index (χ2n) is 10.9. The van der Waals surface area contributed by atoms with Crippen LogP contribution in [-0.2, 0) is 26.0 Å². The zero-order valence-corrected chi connectivity index (χ0v) is 24.1. The first-order valence-corrected chi connectivity index (χ1v) is 15.4. The van der Waals surface area contributed by atoms with Crippen LogP contribution in [0.2, 0.25) is 0 Å². The Kier molecular flexibility index (Phi) is 9.90. The van der Waals surface area contributed by atoms with E-state index in [-0.39, 0.29) is 46.0 Å². The number of aromatic nitrogens is 1. The van der Waals surface area contributed by atoms with Crippen molar-refractivity contribution in [1.82, 2.24) is 20.9 Å². The topological polar surface area (TPSA) is 173 Å². The Bertz CT molecular complexity index is 1480. The van der Waals surface area contributed by atoms with E-state index in [1.165, 1.54) is 18.2 Å². The maximum atomic E-state index is 13.7. The number of ketones is 1. The number of rotatable bonds is 12. The Morgan fingerprint density at radius 1 is 1.05 bits per heavy atom. The summed E-state index contributed by atoms with van der Waals surface area (Å²) in [7, 11) is -3.98. The summed E-state index contributed by atoms with van der Waals surface area (Å²) in [4.78, 5) is 44.2. The summed E-state index contributed by atoms with van der Waals surface area (Å²) < 4.78 is 29.2. The zero-order chi connectivity index (χ0) is 29.6. The minimum absolute atomic E-state index is 0.114. The number of primary sulfonamides is 1. The van der Waals surface area contributed by atoms with Gasteiger partial charge >= 0.3 is 0 Å². The van der Waals surface area contributed by atoms with Crippen molar-refractivity contribution in [3.05, 3.63) is 60.0 Å². The molecular weight excluding hydrogens is 546 g/mol. The van der Waals surface area contributed by atoms with E-state index in [0.29, 0.717) is 25.7 Å². The lowest BCUT2D eigenvalue weighted by Gasteiger charge is -2.27. The van der Waals surface area contributed by atoms with E-state index in [2.05, 4.69) is 20.9 Å². The van der Waals surface area contributed by atoms with Crippen LogP contribution in [-0.4, -0.2) is 56.2 Å². The number of sulfonamides is 1. The number of nitrogens with one attached hydrogen (secondary N) is 3. The average molecular weight is 584 g/mol. The number of piperidine rings is 1. The van der Waals surface area contributed by atoms with E-state index in [4.69, 9.17) is 9.56 Å². The van der Waals surface area contributed by atoms with Crippen molar-refractivity contribution in [2.24, 2.45) is 17.0 Å². The van der Waals surface area contributed by atoms with E-state index in [1.807, 2.05) is 44.2 Å². The van der Waals surface area contributed by atoms with Crippen molar-refractivity contribution in [3.63, 3.8) is 0 Å². The van der Waals surface area contributed by atoms with Gasteiger partial charge in [0.15, 0.2) is 5.58 Å². The van der Waals surface area contributed by atoms with Crippen molar-refractivity contribution in [3.8, 4) is 0 Å². The molecule has 0 aliphatic carbocycles. The molecule has 2 heterocycles. The van der Waals surface area contributed by atoms with Gasteiger partial charge in [-0.25, -0.2) is 18.5 Å². The highest BCUT2D eigenvalue weighted by Crippen LogP contribution is 2.21. The summed E-state index contributed by atoms with van der Waals surface area (Å²) in [5.74, 6) is -1.50. The zero-order valence-electron chi connectivity index (χ0n) is 23.3. The van der Waals surface area contributed by atoms with Crippen LogP contribution < -0.4 is 21.1 Å². The first-order valence-electron chi connectivity index (χ1n) is 13.8. The van der Waals surface area contributed by atoms with Crippen LogP contribution in [0.4, 0.5) is 0 Å². The lowest BCUT2D eigenvalue weighted by Crippen LogP contribution is -2.53. The molecule has 41 heavy (non-hydrogen) atoms. The first-order chi connectivity index (χ1) is 19.5. The summed E-state index contributed by atoms with van der Waals surface area (Å²) >= 11 is 0. The Labute approximate surface area is 239 Å². The predicted molar refractivity (Wildman–Crippen MR) is 153 cm³/mol. The van der Waals surface area contributed by atoms with Crippen molar-refractivity contribution < 1.29 is 27.2 Å². The fourth-order valence-corrected chi connectivity index (χ4v) is 5.45. The first kappa shape index (κ1) is 30.4. The van der Waals surface area contributed by atoms with E-state index >= 15 is 0 Å². The highest BCUT2D eigenvalue weighted by atomic mass is 32.2. The normalized spacial score (nSPS) is 15.9. The molecule has 1 aromatic heterocycles. The third-order valence-corrected chi connectivity index (χ3v) is 8.06. The SMILES string of the molecule is CC(C)C[C@H](NC(=O)C1CCNCC1)C(=O)N[C@@H](CCc1ccccc1)C(=O)c1nc2cc(S(N)(=O)=O)ccc2o1. The molecule has 4 rings (SSSR count). The lowest BCUT2D eigenvalue weighted by molar-refractivity contribution is -0.132. The summed E-state index contributed by atoms with van der Waals surface area (Å²) in [5, 5.41) is 14.2. The number of amides is 2. The molecule has 0 radical (unpaired) electrons. The van der Waals surface area contributed by atoms with Gasteiger partial charge in [0.25, 0.3) is 5.89 Å². The molecule has 0 saturated carbocycles. The van der Waals surface area contributed by atoms with E-state index in [1.54, 1.807) is 0 Å². The number of fused-ring (bicyclic) bond motifs is 1. The number of Topliss-reactive ketones (excluding diaryl/α,β-unsaturated/α-hetero) is 1. The molecule has 0 unspecified atom stereocenters. The van der Waals surface area contributed by atoms with Crippen LogP contribution in [0.15, 0.2) is 57.8 Å². The molecule has 3 aromatic rings. The number of oxazole rings is 1. The molecule has 11 nitrogen and oxygen atoms in total. The van der Waals surface area contributed by atoms with Crippen molar-refractivity contribution in [1.29, 1.82) is 0 Å². The quantitative estimate of drug-likeness (QED) is 0.235. The molecule has 1 fully saturated rings. The Hall–Kier alpha value is -3.61. The molecule has 2 amide bonds. The summed E-state index contributed by atoms with van der Waals surface area (Å²) in [6.07, 6.45) is 2.55. The second-order valence-corrected chi connectivity index (χ2v) is 12.4. The fraction of sp³-hybridized carbons (Fsp3) is 0.448. The van der Waals surface area contributed by atoms with Crippen molar-refractivity contribution >= 4 is 38.7 Å². The van der Waals surface area contributed by atoms with Gasteiger partial charge in [0.05, 0.1) is 10.9 Å². The summed E-state index contributed by atoms with van der Waals surface area (Å²) in [6.45, 7) is 5.42. The van der Waals surface area contributed by atoms with Crippen molar-refractivity contribution in [2.75, 3.05) is 13.1 Å². The maximum Gasteiger partial charge on any atom is 0.266 e. The van der Waals surface area contributed by atoms with E-state index in [0.717, 1.165) is 18.7 Å². The van der Waals surface area contributed by atoms with Crippen LogP contribution >= 0.6 is 0 Å². The third kappa shape index (κ3) is 8.21. The lowest BCUT2D eigenvalue weighted by atomic mass is 9.95. The van der Waals surface area contributed by atoms with Gasteiger partial charge < -0.3 is 20.4 Å². The number of carbonyl (C=O) groups is 3. The molecule has 5 N–H and O–H groups in total. The van der Waals surface area contributed by atoms with E-state index < -0.39 is 33.8 Å². The molecule has 2 aromatic carbocycles. The predicted octanol–water partition coefficient (Wildman–Crippen LogP) is 2.31. The molecule has 1 aliphatic heterocycles. The molecule has 1 saturated heterocycles. The number of hydrogen-bond donors (Lipinski definition) is 4. The summed E-state index contributed by atoms with van der Waals surface area (Å²) in [5.41, 5.74) is 1.34. The Morgan fingerprint density at radius 2 is 1.76 bits per heavy atom. The second kappa shape index (κ2) is 13.4. The minimum Gasteiger partial charge on any atom is -0.434 e. The van der Waals surface area contributed by atoms with Gasteiger partial charge in [-0.15, -0.1) is 0 Å². The standard InChI is InChI=1S/C29H37N5O6S/c1-18(2)16-24(33-27(36)20-12-14-31-15-13-20)28(37)32-22(10-8-19-6-4-3-5-7-19)26(35)29-34-23-17-21(41(30,38)39)9-11-25(23)40-29/h3-7,9,11,17-18,20,22,24,31H,8,10,12-16H2,1-2H3,(H,32,37)(H,33,36)(H2,30,38,39)/t22-,24-/m0/s1. The molecule has 12 heteroatoms. The molecule has 220 valence electrons. The number of nitrogens with two attached hydrogens (primary N) is 1. The van der Waals surface area contributed by atoms with Gasteiger partial charge in [-0.05, 0) is 74.9 Å². The van der Waals surface area contributed by atoms with Gasteiger partial charge in [-0.1, -0.05) is 44.2 Å². The minimum atomic E-state index is -3.98. The van der Waals surface area contributed by atoms with Crippen LogP contribution in [0.25, 0.3) is 11.1 Å². The van der Waals surface area contributed by atoms with Gasteiger partial charge in [0, 0.05) is 5.92 Å². The van der Waals surface area contributed by atoms with Crippen LogP contribution in [0, 0.1) is 11.8 Å². The molecule has 2 atom stereocenters. The average Bonchev–Trinajstić information content (AvgIpc) is 3.38. The molecule has 1 aliphatic rings. The van der Waals surface area contributed by atoms with Crippen LogP contribution in [0.1, 0.15) is 55.8 Å². The van der Waals surface area contributed by atoms with Crippen LogP contribution in [0.5, 0.6) is 0 Å². The number of hydrogen-bond acceptors (Lipinski definition) is 8. The fourth-order valence-electron chi connectivity index (χ4n) is 4.91. The van der Waals surface area contributed by atoms with Crippen LogP contribution in [0.3, 0.4) is 0 Å². The number of benzene rings is 2. The van der Waals surface area contributed by atoms with Gasteiger partial charge in [-0.3, -0.25) is 14.4 Å². The van der Waals surface area contributed by atoms with Gasteiger partial charge in [0.2, 0.25) is 27.6 Å². The monoisotopic (exact) mass is 583 g/mol. The Balaban J connectivity index is 1.57. The summed E-state index contributed by atoms with van der Waals surface area (Å²) in [6, 6.07) is 11.6. The molecule has 0 spiro atoms. The van der Waals surface area contributed by atoms with E-state index in [9.17, 15) is 22.8 Å². The smallest absolute Gasteiger partial charge is 0.266 e. The third-order valence-electron chi connectivity index (χ3n) is 7.15. The van der Waals surface area contributed by atoms with Gasteiger partial charge in [0.1, 0.15) is 11.6 Å². The molecule has 0 bridgehead atoms. The molecular formula is C29H37N5O6S.